The Labute approximate surface area is 125 Å². The molecule has 7 nitrogen and oxygen atoms in total. The molecule has 2 aliphatic rings. The second kappa shape index (κ2) is 5.32. The molecule has 22 heavy (non-hydrogen) atoms. The molecule has 0 amide bonds. The van der Waals surface area contributed by atoms with Crippen LogP contribution in [0.5, 0.6) is 5.75 Å². The zero-order valence-corrected chi connectivity index (χ0v) is 11.6. The summed E-state index contributed by atoms with van der Waals surface area (Å²) < 4.78 is 5.72. The van der Waals surface area contributed by atoms with Crippen molar-refractivity contribution in [2.24, 2.45) is 11.8 Å². The van der Waals surface area contributed by atoms with Gasteiger partial charge in [0.1, 0.15) is 5.75 Å². The third-order valence-electron chi connectivity index (χ3n) is 4.27. The summed E-state index contributed by atoms with van der Waals surface area (Å²) in [4.78, 5) is 44.9. The van der Waals surface area contributed by atoms with Crippen LogP contribution in [0.25, 0.3) is 0 Å². The van der Waals surface area contributed by atoms with Gasteiger partial charge in [0.25, 0.3) is 11.5 Å². The second-order valence-corrected chi connectivity index (χ2v) is 5.57. The number of hydrogen-bond acceptors (Lipinski definition) is 6. The van der Waals surface area contributed by atoms with Gasteiger partial charge in [-0.25, -0.2) is 0 Å². The molecule has 0 N–H and O–H groups in total. The van der Waals surface area contributed by atoms with E-state index >= 15 is 0 Å². The maximum atomic E-state index is 11.8. The second-order valence-electron chi connectivity index (χ2n) is 5.57. The summed E-state index contributed by atoms with van der Waals surface area (Å²) in [7, 11) is 0. The van der Waals surface area contributed by atoms with E-state index in [-0.39, 0.29) is 11.8 Å². The Morgan fingerprint density at radius 1 is 1.00 bits per heavy atom. The Hall–Kier alpha value is -2.57. The molecule has 0 spiro atoms. The van der Waals surface area contributed by atoms with Crippen LogP contribution in [0.1, 0.15) is 19.3 Å². The van der Waals surface area contributed by atoms with Crippen molar-refractivity contribution in [2.45, 2.75) is 25.4 Å². The molecule has 2 saturated carbocycles. The van der Waals surface area contributed by atoms with Gasteiger partial charge in [0.2, 0.25) is 11.6 Å². The van der Waals surface area contributed by atoms with Gasteiger partial charge in [0.05, 0.1) is 11.0 Å². The molecular weight excluding hydrogens is 290 g/mol. The Morgan fingerprint density at radius 3 is 2.27 bits per heavy atom. The first kappa shape index (κ1) is 14.4. The van der Waals surface area contributed by atoms with E-state index < -0.39 is 34.1 Å². The van der Waals surface area contributed by atoms with Crippen molar-refractivity contribution in [3.05, 3.63) is 34.4 Å². The number of hydrogen-bond donors (Lipinski definition) is 0. The number of rotatable bonds is 3. The number of non-ortho nitro benzene ring substituents is 1. The fourth-order valence-electron chi connectivity index (χ4n) is 3.14. The lowest BCUT2D eigenvalue weighted by Crippen LogP contribution is -2.33. The quantitative estimate of drug-likeness (QED) is 0.476. The van der Waals surface area contributed by atoms with E-state index in [0.29, 0.717) is 25.0 Å². The Bertz CT molecular complexity index is 665. The van der Waals surface area contributed by atoms with Gasteiger partial charge in [-0.2, -0.15) is 0 Å². The molecule has 0 heterocycles. The van der Waals surface area contributed by atoms with Gasteiger partial charge >= 0.3 is 0 Å². The SMILES string of the molecule is O=C1C(=O)C2CCC(Oc3ccc([N+](=O)[O-])cc3)CC2C1=O. The van der Waals surface area contributed by atoms with Crippen LogP contribution in [0.3, 0.4) is 0 Å². The van der Waals surface area contributed by atoms with Crippen molar-refractivity contribution in [1.82, 2.24) is 0 Å². The lowest BCUT2D eigenvalue weighted by molar-refractivity contribution is -0.384. The Morgan fingerprint density at radius 2 is 1.64 bits per heavy atom. The van der Waals surface area contributed by atoms with Crippen LogP contribution in [0.4, 0.5) is 5.69 Å². The first-order chi connectivity index (χ1) is 10.5. The molecule has 2 aliphatic carbocycles. The van der Waals surface area contributed by atoms with E-state index in [4.69, 9.17) is 4.74 Å². The van der Waals surface area contributed by atoms with Gasteiger partial charge in [0, 0.05) is 24.0 Å². The highest BCUT2D eigenvalue weighted by atomic mass is 16.6. The molecule has 0 bridgehead atoms. The van der Waals surface area contributed by atoms with Gasteiger partial charge in [-0.05, 0) is 31.4 Å². The number of carbonyl (C=O) groups is 3. The van der Waals surface area contributed by atoms with E-state index in [0.717, 1.165) is 0 Å². The van der Waals surface area contributed by atoms with Crippen molar-refractivity contribution in [1.29, 1.82) is 0 Å². The Kier molecular flexibility index (Phi) is 3.48. The number of nitrogens with zero attached hydrogens (tertiary/aromatic N) is 1. The van der Waals surface area contributed by atoms with Crippen LogP contribution in [-0.2, 0) is 14.4 Å². The van der Waals surface area contributed by atoms with Crippen LogP contribution in [0, 0.1) is 22.0 Å². The average molecular weight is 303 g/mol. The smallest absolute Gasteiger partial charge is 0.269 e. The third kappa shape index (κ3) is 2.38. The molecule has 0 radical (unpaired) electrons. The van der Waals surface area contributed by atoms with Crippen molar-refractivity contribution in [3.8, 4) is 5.75 Å². The molecule has 0 saturated heterocycles. The fourth-order valence-corrected chi connectivity index (χ4v) is 3.14. The topological polar surface area (TPSA) is 104 Å². The largest absolute Gasteiger partial charge is 0.490 e. The number of fused-ring (bicyclic) bond motifs is 1. The molecule has 2 fully saturated rings. The first-order valence-corrected chi connectivity index (χ1v) is 7.01. The van der Waals surface area contributed by atoms with Crippen LogP contribution < -0.4 is 4.74 Å². The molecule has 0 aromatic heterocycles. The summed E-state index contributed by atoms with van der Waals surface area (Å²) in [6, 6.07) is 5.68. The number of nitro benzene ring substituents is 1. The fraction of sp³-hybridized carbons (Fsp3) is 0.400. The number of Topliss-reactive ketones (excluding diaryl/α,β-unsaturated/α-hetero) is 3. The van der Waals surface area contributed by atoms with E-state index in [2.05, 4.69) is 0 Å². The molecule has 3 atom stereocenters. The maximum Gasteiger partial charge on any atom is 0.269 e. The summed E-state index contributed by atoms with van der Waals surface area (Å²) >= 11 is 0. The highest BCUT2D eigenvalue weighted by Crippen LogP contribution is 2.38. The minimum atomic E-state index is -0.883. The minimum absolute atomic E-state index is 0.0294. The molecule has 7 heteroatoms. The molecule has 3 rings (SSSR count). The summed E-state index contributed by atoms with van der Waals surface area (Å²) in [5.41, 5.74) is -0.0294. The highest BCUT2D eigenvalue weighted by Gasteiger charge is 2.51. The standard InChI is InChI=1S/C15H13NO6/c17-13-11-6-5-10(7-12(11)14(18)15(13)19)22-9-3-1-8(2-4-9)16(20)21/h1-4,10-12H,5-7H2. The van der Waals surface area contributed by atoms with Gasteiger partial charge in [-0.1, -0.05) is 0 Å². The van der Waals surface area contributed by atoms with Crippen molar-refractivity contribution in [3.63, 3.8) is 0 Å². The van der Waals surface area contributed by atoms with Crippen LogP contribution in [-0.4, -0.2) is 28.4 Å². The van der Waals surface area contributed by atoms with Gasteiger partial charge in [-0.3, -0.25) is 24.5 Å². The number of benzene rings is 1. The number of nitro groups is 1. The van der Waals surface area contributed by atoms with E-state index in [1.807, 2.05) is 0 Å². The number of ether oxygens (including phenoxy) is 1. The van der Waals surface area contributed by atoms with Crippen LogP contribution >= 0.6 is 0 Å². The number of carbonyl (C=O) groups excluding carboxylic acids is 3. The lowest BCUT2D eigenvalue weighted by Gasteiger charge is -2.29. The summed E-state index contributed by atoms with van der Waals surface area (Å²) in [6.07, 6.45) is 1.09. The van der Waals surface area contributed by atoms with Crippen molar-refractivity contribution < 1.29 is 24.0 Å². The normalized spacial score (nSPS) is 27.6. The molecule has 114 valence electrons. The zero-order valence-electron chi connectivity index (χ0n) is 11.6. The van der Waals surface area contributed by atoms with Crippen molar-refractivity contribution in [2.75, 3.05) is 0 Å². The summed E-state index contributed by atoms with van der Waals surface area (Å²) in [5.74, 6) is -2.65. The molecule has 0 aliphatic heterocycles. The molecule has 1 aromatic rings. The third-order valence-corrected chi connectivity index (χ3v) is 4.27. The van der Waals surface area contributed by atoms with E-state index in [9.17, 15) is 24.5 Å². The predicted molar refractivity (Wildman–Crippen MR) is 73.4 cm³/mol. The van der Waals surface area contributed by atoms with Gasteiger partial charge in [-0.15, -0.1) is 0 Å². The molecular formula is C15H13NO6. The summed E-state index contributed by atoms with van der Waals surface area (Å²) in [6.45, 7) is 0. The van der Waals surface area contributed by atoms with Gasteiger partial charge in [0.15, 0.2) is 0 Å². The highest BCUT2D eigenvalue weighted by molar-refractivity contribution is 6.68. The molecule has 1 aromatic carbocycles. The van der Waals surface area contributed by atoms with E-state index in [1.165, 1.54) is 24.3 Å². The summed E-state index contributed by atoms with van der Waals surface area (Å²) in [5, 5.41) is 10.6. The van der Waals surface area contributed by atoms with Gasteiger partial charge < -0.3 is 4.74 Å². The first-order valence-electron chi connectivity index (χ1n) is 7.01. The monoisotopic (exact) mass is 303 g/mol. The van der Waals surface area contributed by atoms with E-state index in [1.54, 1.807) is 0 Å². The molecule has 3 unspecified atom stereocenters. The minimum Gasteiger partial charge on any atom is -0.490 e. The van der Waals surface area contributed by atoms with Crippen LogP contribution in [0.15, 0.2) is 24.3 Å². The van der Waals surface area contributed by atoms with Crippen LogP contribution in [0.2, 0.25) is 0 Å². The maximum absolute atomic E-state index is 11.8. The lowest BCUT2D eigenvalue weighted by atomic mass is 9.79. The average Bonchev–Trinajstić information content (AvgIpc) is 2.72. The predicted octanol–water partition coefficient (Wildman–Crippen LogP) is 1.48. The zero-order chi connectivity index (χ0) is 15.9. The number of ketones is 3. The van der Waals surface area contributed by atoms with Crippen molar-refractivity contribution >= 4 is 23.0 Å². The Balaban J connectivity index is 1.68.